The molecule has 0 aliphatic carbocycles. The van der Waals surface area contributed by atoms with Gasteiger partial charge in [-0.3, -0.25) is 0 Å². The number of hydrogen-bond donors (Lipinski definition) is 1. The molecular formula is C14H25N3O3. The lowest BCUT2D eigenvalue weighted by atomic mass is 9.93. The maximum Gasteiger partial charge on any atom is 0.231 e. The van der Waals surface area contributed by atoms with Gasteiger partial charge in [-0.2, -0.15) is 4.98 Å². The minimum atomic E-state index is -0.458. The molecule has 20 heavy (non-hydrogen) atoms. The lowest BCUT2D eigenvalue weighted by molar-refractivity contribution is -0.118. The van der Waals surface area contributed by atoms with Crippen LogP contribution in [0.3, 0.4) is 0 Å². The Morgan fingerprint density at radius 2 is 2.10 bits per heavy atom. The first kappa shape index (κ1) is 15.4. The minimum Gasteiger partial charge on any atom is -0.381 e. The van der Waals surface area contributed by atoms with Crippen molar-refractivity contribution in [3.05, 3.63) is 11.7 Å². The molecule has 0 amide bonds. The maximum atomic E-state index is 5.95. The fourth-order valence-corrected chi connectivity index (χ4v) is 2.69. The number of rotatable bonds is 7. The van der Waals surface area contributed by atoms with Crippen molar-refractivity contribution in [2.75, 3.05) is 26.4 Å². The van der Waals surface area contributed by atoms with E-state index >= 15 is 0 Å². The lowest BCUT2D eigenvalue weighted by Crippen LogP contribution is -2.37. The highest BCUT2D eigenvalue weighted by atomic mass is 16.5. The van der Waals surface area contributed by atoms with Crippen LogP contribution in [-0.4, -0.2) is 36.5 Å². The van der Waals surface area contributed by atoms with Gasteiger partial charge in [0.15, 0.2) is 0 Å². The monoisotopic (exact) mass is 283 g/mol. The molecule has 0 aromatic carbocycles. The maximum absolute atomic E-state index is 5.95. The van der Waals surface area contributed by atoms with Crippen LogP contribution in [-0.2, 0) is 15.1 Å². The average Bonchev–Trinajstić information content (AvgIpc) is 2.96. The Kier molecular flexibility index (Phi) is 5.51. The molecule has 0 spiro atoms. The van der Waals surface area contributed by atoms with Crippen LogP contribution in [0.2, 0.25) is 0 Å². The van der Waals surface area contributed by atoms with E-state index < -0.39 is 5.60 Å². The number of ether oxygens (including phenoxy) is 2. The van der Waals surface area contributed by atoms with Gasteiger partial charge in [0.25, 0.3) is 0 Å². The summed E-state index contributed by atoms with van der Waals surface area (Å²) in [6.07, 6.45) is 3.54. The quantitative estimate of drug-likeness (QED) is 0.823. The molecule has 1 fully saturated rings. The zero-order chi connectivity index (χ0) is 14.4. The van der Waals surface area contributed by atoms with E-state index in [2.05, 4.69) is 17.1 Å². The molecule has 1 unspecified atom stereocenters. The van der Waals surface area contributed by atoms with Gasteiger partial charge < -0.3 is 19.7 Å². The summed E-state index contributed by atoms with van der Waals surface area (Å²) in [7, 11) is 0. The van der Waals surface area contributed by atoms with Crippen molar-refractivity contribution >= 4 is 0 Å². The molecule has 1 aromatic rings. The van der Waals surface area contributed by atoms with Crippen molar-refractivity contribution in [1.82, 2.24) is 10.1 Å². The topological polar surface area (TPSA) is 83.4 Å². The average molecular weight is 283 g/mol. The van der Waals surface area contributed by atoms with E-state index in [9.17, 15) is 0 Å². The van der Waals surface area contributed by atoms with Crippen LogP contribution in [0.1, 0.15) is 57.2 Å². The van der Waals surface area contributed by atoms with E-state index in [1.165, 1.54) is 0 Å². The van der Waals surface area contributed by atoms with Crippen molar-refractivity contribution in [1.29, 1.82) is 0 Å². The lowest BCUT2D eigenvalue weighted by Gasteiger charge is -2.33. The zero-order valence-electron chi connectivity index (χ0n) is 12.4. The van der Waals surface area contributed by atoms with Gasteiger partial charge in [-0.25, -0.2) is 0 Å². The Labute approximate surface area is 120 Å². The third-order valence-electron chi connectivity index (χ3n) is 3.84. The number of nitrogens with zero attached hydrogens (tertiary/aromatic N) is 2. The fourth-order valence-electron chi connectivity index (χ4n) is 2.69. The van der Waals surface area contributed by atoms with Gasteiger partial charge in [0.1, 0.15) is 5.60 Å². The van der Waals surface area contributed by atoms with Gasteiger partial charge >= 0.3 is 0 Å². The second-order valence-electron chi connectivity index (χ2n) is 5.22. The Hall–Kier alpha value is -0.980. The summed E-state index contributed by atoms with van der Waals surface area (Å²) in [5.74, 6) is 1.42. The van der Waals surface area contributed by atoms with Gasteiger partial charge in [-0.1, -0.05) is 18.5 Å². The first-order chi connectivity index (χ1) is 9.75. The van der Waals surface area contributed by atoms with Crippen molar-refractivity contribution in [2.24, 2.45) is 5.73 Å². The second kappa shape index (κ2) is 7.15. The van der Waals surface area contributed by atoms with Crippen molar-refractivity contribution in [2.45, 2.75) is 51.0 Å². The predicted octanol–water partition coefficient (Wildman–Crippen LogP) is 1.95. The molecule has 2 heterocycles. The van der Waals surface area contributed by atoms with Crippen LogP contribution >= 0.6 is 0 Å². The van der Waals surface area contributed by atoms with E-state index in [0.717, 1.165) is 25.7 Å². The van der Waals surface area contributed by atoms with E-state index in [0.29, 0.717) is 38.1 Å². The summed E-state index contributed by atoms with van der Waals surface area (Å²) in [4.78, 5) is 4.58. The van der Waals surface area contributed by atoms with Crippen LogP contribution < -0.4 is 5.73 Å². The van der Waals surface area contributed by atoms with Crippen LogP contribution in [0, 0.1) is 0 Å². The summed E-state index contributed by atoms with van der Waals surface area (Å²) < 4.78 is 16.8. The molecule has 1 aromatic heterocycles. The van der Waals surface area contributed by atoms with Gasteiger partial charge in [0.05, 0.1) is 5.92 Å². The molecule has 2 rings (SSSR count). The van der Waals surface area contributed by atoms with Crippen LogP contribution in [0.4, 0.5) is 0 Å². The Morgan fingerprint density at radius 1 is 1.35 bits per heavy atom. The summed E-state index contributed by atoms with van der Waals surface area (Å²) in [5, 5.41) is 4.16. The highest BCUT2D eigenvalue weighted by molar-refractivity contribution is 5.05. The van der Waals surface area contributed by atoms with Gasteiger partial charge in [-0.15, -0.1) is 0 Å². The van der Waals surface area contributed by atoms with E-state index in [1.807, 2.05) is 6.92 Å². The zero-order valence-corrected chi connectivity index (χ0v) is 12.4. The number of hydrogen-bond acceptors (Lipinski definition) is 6. The molecule has 1 saturated heterocycles. The minimum absolute atomic E-state index is 0.139. The standard InChI is InChI=1S/C14H25N3O3/c1-3-5-11(10-15)12-16-13(17-20-12)14(19-4-2)6-8-18-9-7-14/h11H,3-10,15H2,1-2H3. The molecule has 6 heteroatoms. The molecule has 0 saturated carbocycles. The SMILES string of the molecule is CCCC(CN)c1nc(C2(OCC)CCOCC2)no1. The molecule has 0 radical (unpaired) electrons. The molecular weight excluding hydrogens is 258 g/mol. The molecule has 6 nitrogen and oxygen atoms in total. The Morgan fingerprint density at radius 3 is 2.70 bits per heavy atom. The molecule has 1 aliphatic heterocycles. The summed E-state index contributed by atoms with van der Waals surface area (Å²) in [5.41, 5.74) is 5.33. The largest absolute Gasteiger partial charge is 0.381 e. The van der Waals surface area contributed by atoms with Crippen LogP contribution in [0.5, 0.6) is 0 Å². The van der Waals surface area contributed by atoms with Crippen molar-refractivity contribution < 1.29 is 14.0 Å². The fraction of sp³-hybridized carbons (Fsp3) is 0.857. The highest BCUT2D eigenvalue weighted by Gasteiger charge is 2.40. The highest BCUT2D eigenvalue weighted by Crippen LogP contribution is 2.35. The number of aromatic nitrogens is 2. The molecule has 1 aliphatic rings. The van der Waals surface area contributed by atoms with Gasteiger partial charge in [0.2, 0.25) is 11.7 Å². The van der Waals surface area contributed by atoms with E-state index in [1.54, 1.807) is 0 Å². The smallest absolute Gasteiger partial charge is 0.231 e. The summed E-state index contributed by atoms with van der Waals surface area (Å²) >= 11 is 0. The normalized spacial score (nSPS) is 19.9. The van der Waals surface area contributed by atoms with Gasteiger partial charge in [0, 0.05) is 39.2 Å². The first-order valence-corrected chi connectivity index (χ1v) is 7.51. The van der Waals surface area contributed by atoms with E-state index in [4.69, 9.17) is 19.7 Å². The molecule has 1 atom stereocenters. The second-order valence-corrected chi connectivity index (χ2v) is 5.22. The van der Waals surface area contributed by atoms with Crippen LogP contribution in [0.25, 0.3) is 0 Å². The first-order valence-electron chi connectivity index (χ1n) is 7.51. The summed E-state index contributed by atoms with van der Waals surface area (Å²) in [6, 6.07) is 0. The third-order valence-corrected chi connectivity index (χ3v) is 3.84. The summed E-state index contributed by atoms with van der Waals surface area (Å²) in [6.45, 7) is 6.59. The Balaban J connectivity index is 2.19. The van der Waals surface area contributed by atoms with Crippen molar-refractivity contribution in [3.8, 4) is 0 Å². The van der Waals surface area contributed by atoms with Gasteiger partial charge in [-0.05, 0) is 13.3 Å². The Bertz CT molecular complexity index is 397. The third kappa shape index (κ3) is 3.19. The molecule has 2 N–H and O–H groups in total. The number of nitrogens with two attached hydrogens (primary N) is 1. The molecule has 114 valence electrons. The van der Waals surface area contributed by atoms with E-state index in [-0.39, 0.29) is 5.92 Å². The van der Waals surface area contributed by atoms with Crippen LogP contribution in [0.15, 0.2) is 4.52 Å². The predicted molar refractivity (Wildman–Crippen MR) is 74.4 cm³/mol. The molecule has 0 bridgehead atoms. The van der Waals surface area contributed by atoms with Crippen molar-refractivity contribution in [3.63, 3.8) is 0 Å².